The molecular formula is C19H23NO6S. The highest BCUT2D eigenvalue weighted by Crippen LogP contribution is 2.30. The highest BCUT2D eigenvalue weighted by molar-refractivity contribution is 7.98. The topological polar surface area (TPSA) is 106 Å². The Kier molecular flexibility index (Phi) is 6.90. The number of carbonyl (C=O) groups excluding carboxylic acids is 1. The van der Waals surface area contributed by atoms with Gasteiger partial charge in [-0.1, -0.05) is 0 Å². The van der Waals surface area contributed by atoms with Crippen molar-refractivity contribution >= 4 is 34.6 Å². The zero-order chi connectivity index (χ0) is 20.1. The average Bonchev–Trinajstić information content (AvgIpc) is 2.60. The largest absolute Gasteiger partial charge is 0.496 e. The molecule has 27 heavy (non-hydrogen) atoms. The lowest BCUT2D eigenvalue weighted by molar-refractivity contribution is -0.141. The minimum atomic E-state index is -1.10. The first-order chi connectivity index (χ1) is 12.8. The highest BCUT2D eigenvalue weighted by atomic mass is 32.2. The van der Waals surface area contributed by atoms with Crippen molar-refractivity contribution in [2.45, 2.75) is 32.7 Å². The number of thioether (sulfide) groups is 1. The molecule has 0 spiro atoms. The molecule has 0 saturated carbocycles. The molecule has 146 valence electrons. The molecule has 1 aromatic carbocycles. The van der Waals surface area contributed by atoms with Gasteiger partial charge < -0.3 is 19.6 Å². The highest BCUT2D eigenvalue weighted by Gasteiger charge is 2.22. The van der Waals surface area contributed by atoms with Crippen LogP contribution < -0.4 is 15.7 Å². The molecule has 1 heterocycles. The lowest BCUT2D eigenvalue weighted by atomic mass is 10.0. The van der Waals surface area contributed by atoms with Crippen LogP contribution in [0.3, 0.4) is 0 Å². The maximum atomic E-state index is 12.4. The second-order valence-corrected chi connectivity index (χ2v) is 7.24. The summed E-state index contributed by atoms with van der Waals surface area (Å²) in [5, 5.41) is 12.3. The molecule has 1 amide bonds. The molecule has 0 saturated heterocycles. The summed E-state index contributed by atoms with van der Waals surface area (Å²) in [7, 11) is 1.52. The van der Waals surface area contributed by atoms with E-state index in [1.54, 1.807) is 13.0 Å². The van der Waals surface area contributed by atoms with Gasteiger partial charge in [0.2, 0.25) is 5.91 Å². The molecule has 7 nitrogen and oxygen atoms in total. The van der Waals surface area contributed by atoms with Gasteiger partial charge in [0.25, 0.3) is 0 Å². The number of benzene rings is 1. The van der Waals surface area contributed by atoms with Crippen molar-refractivity contribution in [2.75, 3.05) is 19.1 Å². The number of rotatable bonds is 8. The molecule has 2 rings (SSSR count). The molecule has 0 unspecified atom stereocenters. The number of fused-ring (bicyclic) bond motifs is 1. The summed E-state index contributed by atoms with van der Waals surface area (Å²) in [5.74, 6) is -0.484. The van der Waals surface area contributed by atoms with Gasteiger partial charge in [-0.2, -0.15) is 11.8 Å². The fourth-order valence-corrected chi connectivity index (χ4v) is 3.37. The Bertz CT molecular complexity index is 921. The van der Waals surface area contributed by atoms with Crippen LogP contribution in [0.1, 0.15) is 23.1 Å². The number of methoxy groups -OCH3 is 1. The van der Waals surface area contributed by atoms with E-state index in [-0.39, 0.29) is 12.0 Å². The number of carboxylic acids is 1. The number of amides is 1. The smallest absolute Gasteiger partial charge is 0.340 e. The summed E-state index contributed by atoms with van der Waals surface area (Å²) >= 11 is 1.50. The Morgan fingerprint density at radius 2 is 2.04 bits per heavy atom. The summed E-state index contributed by atoms with van der Waals surface area (Å²) < 4.78 is 10.8. The molecule has 0 bridgehead atoms. The Morgan fingerprint density at radius 3 is 2.63 bits per heavy atom. The summed E-state index contributed by atoms with van der Waals surface area (Å²) in [4.78, 5) is 36.0. The number of hydrogen-bond acceptors (Lipinski definition) is 6. The van der Waals surface area contributed by atoms with Gasteiger partial charge >= 0.3 is 11.6 Å². The number of carbonyl (C=O) groups is 2. The minimum Gasteiger partial charge on any atom is -0.496 e. The van der Waals surface area contributed by atoms with Crippen molar-refractivity contribution < 1.29 is 23.8 Å². The van der Waals surface area contributed by atoms with Gasteiger partial charge in [0.15, 0.2) is 0 Å². The summed E-state index contributed by atoms with van der Waals surface area (Å²) in [6, 6.07) is 2.57. The Hall–Kier alpha value is -2.48. The van der Waals surface area contributed by atoms with E-state index >= 15 is 0 Å². The Balaban J connectivity index is 2.35. The normalized spacial score (nSPS) is 12.0. The zero-order valence-corrected chi connectivity index (χ0v) is 16.6. The van der Waals surface area contributed by atoms with Gasteiger partial charge in [-0.3, -0.25) is 4.79 Å². The molecule has 0 aliphatic heterocycles. The summed E-state index contributed by atoms with van der Waals surface area (Å²) in [6.07, 6.45) is 1.91. The van der Waals surface area contributed by atoms with Crippen molar-refractivity contribution in [3.63, 3.8) is 0 Å². The van der Waals surface area contributed by atoms with E-state index in [0.29, 0.717) is 34.5 Å². The van der Waals surface area contributed by atoms with Crippen LogP contribution in [0.25, 0.3) is 11.0 Å². The first kappa shape index (κ1) is 20.8. The first-order valence-electron chi connectivity index (χ1n) is 8.40. The van der Waals surface area contributed by atoms with Gasteiger partial charge in [-0.05, 0) is 55.5 Å². The minimum absolute atomic E-state index is 0.191. The van der Waals surface area contributed by atoms with E-state index in [1.807, 2.05) is 19.2 Å². The number of aryl methyl sites for hydroxylation is 2. The number of aliphatic carboxylic acids is 1. The molecule has 0 aliphatic carbocycles. The van der Waals surface area contributed by atoms with Gasteiger partial charge in [0, 0.05) is 0 Å². The zero-order valence-electron chi connectivity index (χ0n) is 15.8. The van der Waals surface area contributed by atoms with Crippen LogP contribution in [0.2, 0.25) is 0 Å². The SMILES string of the molecule is COc1cc(C)cc2oc(=O)c(CC(=O)N[C@@H](CCSC)C(=O)O)c(C)c12. The molecule has 2 aromatic rings. The maximum absolute atomic E-state index is 12.4. The summed E-state index contributed by atoms with van der Waals surface area (Å²) in [5.41, 5.74) is 1.44. The maximum Gasteiger partial charge on any atom is 0.340 e. The van der Waals surface area contributed by atoms with Crippen molar-refractivity contribution in [3.8, 4) is 5.75 Å². The average molecular weight is 393 g/mol. The van der Waals surface area contributed by atoms with Crippen molar-refractivity contribution in [1.29, 1.82) is 0 Å². The molecule has 8 heteroatoms. The molecule has 0 aliphatic rings. The third-order valence-corrected chi connectivity index (χ3v) is 4.93. The van der Waals surface area contributed by atoms with Crippen LogP contribution >= 0.6 is 11.8 Å². The van der Waals surface area contributed by atoms with E-state index in [1.165, 1.54) is 18.9 Å². The van der Waals surface area contributed by atoms with Crippen LogP contribution in [0.15, 0.2) is 21.3 Å². The molecule has 1 atom stereocenters. The second-order valence-electron chi connectivity index (χ2n) is 6.25. The van der Waals surface area contributed by atoms with Crippen LogP contribution in [-0.2, 0) is 16.0 Å². The van der Waals surface area contributed by atoms with E-state index in [4.69, 9.17) is 9.15 Å². The lowest BCUT2D eigenvalue weighted by Gasteiger charge is -2.15. The van der Waals surface area contributed by atoms with E-state index < -0.39 is 23.5 Å². The van der Waals surface area contributed by atoms with Crippen molar-refractivity contribution in [1.82, 2.24) is 5.32 Å². The predicted octanol–water partition coefficient (Wildman–Crippen LogP) is 2.28. The standard InChI is InChI=1S/C19H23NO6S/c1-10-7-14(25-3)17-11(2)12(19(24)26-15(17)8-10)9-16(21)20-13(18(22)23)5-6-27-4/h7-8,13H,5-6,9H2,1-4H3,(H,20,21)(H,22,23)/t13-/m0/s1. The van der Waals surface area contributed by atoms with Gasteiger partial charge in [-0.25, -0.2) is 9.59 Å². The number of carboxylic acid groups (broad SMARTS) is 1. The van der Waals surface area contributed by atoms with Gasteiger partial charge in [-0.15, -0.1) is 0 Å². The number of nitrogens with one attached hydrogen (secondary N) is 1. The Morgan fingerprint density at radius 1 is 1.33 bits per heavy atom. The van der Waals surface area contributed by atoms with Crippen LogP contribution in [0.5, 0.6) is 5.75 Å². The van der Waals surface area contributed by atoms with Gasteiger partial charge in [0.1, 0.15) is 17.4 Å². The van der Waals surface area contributed by atoms with E-state index in [9.17, 15) is 19.5 Å². The lowest BCUT2D eigenvalue weighted by Crippen LogP contribution is -2.42. The number of ether oxygens (including phenoxy) is 1. The molecule has 0 radical (unpaired) electrons. The van der Waals surface area contributed by atoms with Crippen LogP contribution in [0.4, 0.5) is 0 Å². The fraction of sp³-hybridized carbons (Fsp3) is 0.421. The molecular weight excluding hydrogens is 370 g/mol. The van der Waals surface area contributed by atoms with Crippen molar-refractivity contribution in [3.05, 3.63) is 39.2 Å². The first-order valence-corrected chi connectivity index (χ1v) is 9.79. The summed E-state index contributed by atoms with van der Waals surface area (Å²) in [6.45, 7) is 3.58. The third kappa shape index (κ3) is 4.82. The van der Waals surface area contributed by atoms with Crippen LogP contribution in [0, 0.1) is 13.8 Å². The number of hydrogen-bond donors (Lipinski definition) is 2. The second kappa shape index (κ2) is 8.94. The molecule has 1 aromatic heterocycles. The predicted molar refractivity (Wildman–Crippen MR) is 105 cm³/mol. The fourth-order valence-electron chi connectivity index (χ4n) is 2.90. The molecule has 0 fully saturated rings. The van der Waals surface area contributed by atoms with Crippen LogP contribution in [-0.4, -0.2) is 42.1 Å². The van der Waals surface area contributed by atoms with Crippen molar-refractivity contribution in [2.24, 2.45) is 0 Å². The third-order valence-electron chi connectivity index (χ3n) is 4.29. The van der Waals surface area contributed by atoms with E-state index in [0.717, 1.165) is 5.56 Å². The monoisotopic (exact) mass is 393 g/mol. The van der Waals surface area contributed by atoms with Gasteiger partial charge in [0.05, 0.1) is 24.5 Å². The molecule has 2 N–H and O–H groups in total. The quantitative estimate of drug-likeness (QED) is 0.663. The Labute approximate surface area is 161 Å². The van der Waals surface area contributed by atoms with E-state index in [2.05, 4.69) is 5.32 Å².